The molecule has 1 aromatic heterocycles. The number of aromatic amines is 1. The first-order valence-corrected chi connectivity index (χ1v) is 7.65. The molecule has 0 amide bonds. The molecule has 1 heterocycles. The van der Waals surface area contributed by atoms with Gasteiger partial charge in [-0.2, -0.15) is 5.26 Å². The maximum Gasteiger partial charge on any atom is 0.270 e. The number of rotatable bonds is 4. The van der Waals surface area contributed by atoms with Gasteiger partial charge < -0.3 is 9.72 Å². The van der Waals surface area contributed by atoms with Gasteiger partial charge in [-0.3, -0.25) is 4.79 Å². The Morgan fingerprint density at radius 3 is 2.86 bits per heavy atom. The minimum absolute atomic E-state index is 0.0131. The highest BCUT2D eigenvalue weighted by molar-refractivity contribution is 7.98. The molecule has 21 heavy (non-hydrogen) atoms. The molecule has 0 saturated heterocycles. The van der Waals surface area contributed by atoms with Gasteiger partial charge in [0.05, 0.1) is 12.3 Å². The fourth-order valence-corrected chi connectivity index (χ4v) is 2.30. The number of aromatic nitrogens is 2. The summed E-state index contributed by atoms with van der Waals surface area (Å²) in [4.78, 5) is 18.9. The number of hydrogen-bond donors (Lipinski definition) is 1. The molecule has 0 bridgehead atoms. The first kappa shape index (κ1) is 15.1. The van der Waals surface area contributed by atoms with Gasteiger partial charge in [-0.1, -0.05) is 23.9 Å². The molecular weight excluding hydrogens is 286 g/mol. The number of thioether (sulfide) groups is 1. The van der Waals surface area contributed by atoms with Crippen molar-refractivity contribution >= 4 is 11.8 Å². The lowest BCUT2D eigenvalue weighted by molar-refractivity contribution is 0.338. The van der Waals surface area contributed by atoms with Gasteiger partial charge in [-0.25, -0.2) is 4.98 Å². The molecule has 0 atom stereocenters. The Morgan fingerprint density at radius 1 is 1.48 bits per heavy atom. The van der Waals surface area contributed by atoms with Gasteiger partial charge in [-0.15, -0.1) is 0 Å². The summed E-state index contributed by atoms with van der Waals surface area (Å²) in [6.45, 7) is 4.40. The summed E-state index contributed by atoms with van der Waals surface area (Å²) in [5.74, 6) is 0.728. The molecule has 0 radical (unpaired) electrons. The highest BCUT2D eigenvalue weighted by Crippen LogP contribution is 2.27. The van der Waals surface area contributed by atoms with Crippen LogP contribution in [0.25, 0.3) is 11.3 Å². The van der Waals surface area contributed by atoms with Gasteiger partial charge in [0.25, 0.3) is 5.56 Å². The Hall–Kier alpha value is -2.26. The number of ether oxygens (including phenoxy) is 1. The second-order valence-corrected chi connectivity index (χ2v) is 5.12. The van der Waals surface area contributed by atoms with Crippen LogP contribution in [0.4, 0.5) is 0 Å². The zero-order chi connectivity index (χ0) is 15.4. The summed E-state index contributed by atoms with van der Waals surface area (Å²) in [6.07, 6.45) is 1.81. The van der Waals surface area contributed by atoms with E-state index in [9.17, 15) is 10.1 Å². The monoisotopic (exact) mass is 301 g/mol. The smallest absolute Gasteiger partial charge is 0.270 e. The van der Waals surface area contributed by atoms with Gasteiger partial charge in [-0.05, 0) is 31.7 Å². The molecule has 5 nitrogen and oxygen atoms in total. The van der Waals surface area contributed by atoms with E-state index in [2.05, 4.69) is 9.97 Å². The molecule has 2 rings (SSSR count). The van der Waals surface area contributed by atoms with Crippen molar-refractivity contribution in [1.82, 2.24) is 9.97 Å². The van der Waals surface area contributed by atoms with Crippen molar-refractivity contribution in [1.29, 1.82) is 5.26 Å². The van der Waals surface area contributed by atoms with Gasteiger partial charge in [0.15, 0.2) is 5.16 Å². The van der Waals surface area contributed by atoms with Crippen LogP contribution in [0.2, 0.25) is 0 Å². The van der Waals surface area contributed by atoms with Crippen LogP contribution in [-0.4, -0.2) is 22.8 Å². The first-order valence-electron chi connectivity index (χ1n) is 6.43. The molecule has 0 aliphatic heterocycles. The van der Waals surface area contributed by atoms with Crippen molar-refractivity contribution in [3.8, 4) is 23.1 Å². The summed E-state index contributed by atoms with van der Waals surface area (Å²) >= 11 is 1.32. The number of nitrogens with zero attached hydrogens (tertiary/aromatic N) is 2. The SMILES string of the molecule is CCOc1cc(-c2nc(SC)[nH]c(=O)c2C#N)ccc1C. The Labute approximate surface area is 127 Å². The van der Waals surface area contributed by atoms with Crippen LogP contribution in [0, 0.1) is 18.3 Å². The van der Waals surface area contributed by atoms with Crippen molar-refractivity contribution < 1.29 is 4.74 Å². The predicted octanol–water partition coefficient (Wildman–Crippen LogP) is 2.74. The van der Waals surface area contributed by atoms with Crippen LogP contribution in [0.15, 0.2) is 28.2 Å². The highest BCUT2D eigenvalue weighted by atomic mass is 32.2. The van der Waals surface area contributed by atoms with E-state index in [0.29, 0.717) is 23.0 Å². The molecule has 2 aromatic rings. The van der Waals surface area contributed by atoms with Crippen LogP contribution in [0.3, 0.4) is 0 Å². The van der Waals surface area contributed by atoms with E-state index >= 15 is 0 Å². The van der Waals surface area contributed by atoms with Crippen LogP contribution >= 0.6 is 11.8 Å². The lowest BCUT2D eigenvalue weighted by Gasteiger charge is -2.10. The second-order valence-electron chi connectivity index (χ2n) is 4.32. The quantitative estimate of drug-likeness (QED) is 0.694. The highest BCUT2D eigenvalue weighted by Gasteiger charge is 2.14. The number of aryl methyl sites for hydroxylation is 1. The van der Waals surface area contributed by atoms with E-state index in [1.807, 2.05) is 44.4 Å². The molecule has 0 unspecified atom stereocenters. The average Bonchev–Trinajstić information content (AvgIpc) is 2.49. The number of nitriles is 1. The maximum absolute atomic E-state index is 11.9. The molecule has 1 N–H and O–H groups in total. The van der Waals surface area contributed by atoms with E-state index in [-0.39, 0.29) is 5.56 Å². The Balaban J connectivity index is 2.66. The summed E-state index contributed by atoms with van der Waals surface area (Å²) in [7, 11) is 0. The third kappa shape index (κ3) is 3.09. The maximum atomic E-state index is 11.9. The number of nitrogens with one attached hydrogen (secondary N) is 1. The molecule has 0 fully saturated rings. The van der Waals surface area contributed by atoms with Crippen molar-refractivity contribution in [3.05, 3.63) is 39.7 Å². The van der Waals surface area contributed by atoms with Crippen LogP contribution in [0.1, 0.15) is 18.1 Å². The van der Waals surface area contributed by atoms with Gasteiger partial charge >= 0.3 is 0 Å². The van der Waals surface area contributed by atoms with Crippen LogP contribution < -0.4 is 10.3 Å². The first-order chi connectivity index (χ1) is 10.1. The second kappa shape index (κ2) is 6.46. The van der Waals surface area contributed by atoms with Gasteiger partial charge in [0, 0.05) is 5.56 Å². The molecule has 0 aliphatic rings. The molecule has 0 aliphatic carbocycles. The van der Waals surface area contributed by atoms with Gasteiger partial charge in [0.1, 0.15) is 17.4 Å². The fourth-order valence-electron chi connectivity index (χ4n) is 1.92. The van der Waals surface area contributed by atoms with Crippen molar-refractivity contribution in [2.75, 3.05) is 12.9 Å². The zero-order valence-electron chi connectivity index (χ0n) is 12.1. The minimum atomic E-state index is -0.426. The summed E-state index contributed by atoms with van der Waals surface area (Å²) < 4.78 is 5.56. The van der Waals surface area contributed by atoms with E-state index in [4.69, 9.17) is 4.74 Å². The number of benzene rings is 1. The summed E-state index contributed by atoms with van der Waals surface area (Å²) in [5, 5.41) is 9.68. The van der Waals surface area contributed by atoms with Crippen LogP contribution in [0.5, 0.6) is 5.75 Å². The Morgan fingerprint density at radius 2 is 2.24 bits per heavy atom. The average molecular weight is 301 g/mol. The molecule has 1 aromatic carbocycles. The number of hydrogen-bond acceptors (Lipinski definition) is 5. The van der Waals surface area contributed by atoms with Crippen molar-refractivity contribution in [2.24, 2.45) is 0 Å². The van der Waals surface area contributed by atoms with E-state index in [1.165, 1.54) is 11.8 Å². The zero-order valence-corrected chi connectivity index (χ0v) is 12.9. The molecule has 108 valence electrons. The van der Waals surface area contributed by atoms with Crippen LogP contribution in [-0.2, 0) is 0 Å². The summed E-state index contributed by atoms with van der Waals surface area (Å²) in [6, 6.07) is 7.46. The molecule has 6 heteroatoms. The van der Waals surface area contributed by atoms with E-state index in [1.54, 1.807) is 0 Å². The summed E-state index contributed by atoms with van der Waals surface area (Å²) in [5.41, 5.74) is 1.66. The lowest BCUT2D eigenvalue weighted by Crippen LogP contribution is -2.14. The van der Waals surface area contributed by atoms with Crippen molar-refractivity contribution in [3.63, 3.8) is 0 Å². The normalized spacial score (nSPS) is 10.2. The van der Waals surface area contributed by atoms with E-state index < -0.39 is 5.56 Å². The van der Waals surface area contributed by atoms with Crippen molar-refractivity contribution in [2.45, 2.75) is 19.0 Å². The molecule has 0 saturated carbocycles. The molecular formula is C15H15N3O2S. The topological polar surface area (TPSA) is 78.8 Å². The van der Waals surface area contributed by atoms with Gasteiger partial charge in [0.2, 0.25) is 0 Å². The molecule has 0 spiro atoms. The largest absolute Gasteiger partial charge is 0.494 e. The predicted molar refractivity (Wildman–Crippen MR) is 82.7 cm³/mol. The van der Waals surface area contributed by atoms with E-state index in [0.717, 1.165) is 11.3 Å². The fraction of sp³-hybridized carbons (Fsp3) is 0.267. The Kier molecular flexibility index (Phi) is 4.66. The minimum Gasteiger partial charge on any atom is -0.494 e. The third-order valence-electron chi connectivity index (χ3n) is 2.96. The Bertz CT molecular complexity index is 762. The third-order valence-corrected chi connectivity index (χ3v) is 3.54. The number of H-pyrrole nitrogens is 1. The lowest BCUT2D eigenvalue weighted by atomic mass is 10.1. The standard InChI is InChI=1S/C15H15N3O2S/c1-4-20-12-7-10(6-5-9(12)2)13-11(8-16)14(19)18-15(17-13)21-3/h5-7H,4H2,1-3H3,(H,17,18,19).